The minimum absolute atomic E-state index is 0.0756. The molecule has 0 bridgehead atoms. The molecular weight excluding hydrogens is 289 g/mol. The lowest BCUT2D eigenvalue weighted by Crippen LogP contribution is -2.20. The Balaban J connectivity index is 2.46. The number of nitrogens with zero attached hydrogens (tertiary/aromatic N) is 1. The van der Waals surface area contributed by atoms with E-state index in [2.05, 4.69) is 43.1 Å². The number of benzene rings is 2. The van der Waals surface area contributed by atoms with Crippen LogP contribution in [0.5, 0.6) is 5.75 Å². The molecule has 2 rings (SSSR count). The molecule has 2 aromatic rings. The smallest absolute Gasteiger partial charge is 0.122 e. The normalized spacial score (nSPS) is 14.7. The highest BCUT2D eigenvalue weighted by atomic mass is 31.1. The Morgan fingerprint density at radius 1 is 1.18 bits per heavy atom. The summed E-state index contributed by atoms with van der Waals surface area (Å²) in [4.78, 5) is 4.16. The van der Waals surface area contributed by atoms with E-state index < -0.39 is 0 Å². The third-order valence-electron chi connectivity index (χ3n) is 4.18. The standard InChI is InChI=1S/C19H24NOP/c1-5-19(3,16-11-8-9-14(2)18(16)21)22-17-12-7-6-10-15(17)13-20-4/h6-13,21-22H,5H2,1-4H3/b20-13+. The lowest BCUT2D eigenvalue weighted by Gasteiger charge is -2.31. The van der Waals surface area contributed by atoms with Crippen molar-refractivity contribution in [2.75, 3.05) is 7.05 Å². The van der Waals surface area contributed by atoms with E-state index in [4.69, 9.17) is 0 Å². The highest BCUT2D eigenvalue weighted by Gasteiger charge is 2.29. The molecule has 0 spiro atoms. The van der Waals surface area contributed by atoms with Gasteiger partial charge in [0.25, 0.3) is 0 Å². The van der Waals surface area contributed by atoms with Crippen molar-refractivity contribution in [3.05, 3.63) is 59.2 Å². The summed E-state index contributed by atoms with van der Waals surface area (Å²) in [6.07, 6.45) is 2.88. The Hall–Kier alpha value is -1.66. The second-order valence-corrected chi connectivity index (χ2v) is 7.65. The van der Waals surface area contributed by atoms with Gasteiger partial charge in [-0.25, -0.2) is 0 Å². The van der Waals surface area contributed by atoms with E-state index >= 15 is 0 Å². The number of aryl methyl sites for hydroxylation is 1. The number of phenols is 1. The molecule has 0 saturated heterocycles. The fourth-order valence-corrected chi connectivity index (χ4v) is 4.19. The van der Waals surface area contributed by atoms with Crippen molar-refractivity contribution in [2.45, 2.75) is 32.3 Å². The molecule has 0 heterocycles. The number of hydrogen-bond acceptors (Lipinski definition) is 2. The molecule has 0 saturated carbocycles. The second kappa shape index (κ2) is 7.07. The number of rotatable bonds is 5. The monoisotopic (exact) mass is 313 g/mol. The van der Waals surface area contributed by atoms with Gasteiger partial charge in [-0.1, -0.05) is 64.9 Å². The maximum Gasteiger partial charge on any atom is 0.122 e. The van der Waals surface area contributed by atoms with Crippen molar-refractivity contribution in [3.8, 4) is 5.75 Å². The zero-order chi connectivity index (χ0) is 16.2. The first-order chi connectivity index (χ1) is 10.5. The van der Waals surface area contributed by atoms with Crippen LogP contribution in [0.15, 0.2) is 47.5 Å². The van der Waals surface area contributed by atoms with Crippen molar-refractivity contribution in [3.63, 3.8) is 0 Å². The Morgan fingerprint density at radius 3 is 2.59 bits per heavy atom. The van der Waals surface area contributed by atoms with Crippen LogP contribution >= 0.6 is 8.58 Å². The summed E-state index contributed by atoms with van der Waals surface area (Å²) in [5.41, 5.74) is 3.14. The van der Waals surface area contributed by atoms with Crippen LogP contribution in [0.1, 0.15) is 37.0 Å². The van der Waals surface area contributed by atoms with Gasteiger partial charge in [-0.05, 0) is 29.8 Å². The maximum absolute atomic E-state index is 10.5. The summed E-state index contributed by atoms with van der Waals surface area (Å²) >= 11 is 0. The molecule has 2 aromatic carbocycles. The highest BCUT2D eigenvalue weighted by molar-refractivity contribution is 7.48. The van der Waals surface area contributed by atoms with Gasteiger partial charge in [-0.2, -0.15) is 0 Å². The summed E-state index contributed by atoms with van der Waals surface area (Å²) in [6.45, 7) is 6.38. The molecule has 0 fully saturated rings. The number of phenolic OH excluding ortho intramolecular Hbond substituents is 1. The van der Waals surface area contributed by atoms with Crippen LogP contribution < -0.4 is 5.30 Å². The first-order valence-electron chi connectivity index (χ1n) is 7.60. The predicted molar refractivity (Wildman–Crippen MR) is 98.4 cm³/mol. The van der Waals surface area contributed by atoms with E-state index in [1.165, 1.54) is 5.30 Å². The summed E-state index contributed by atoms with van der Waals surface area (Å²) in [7, 11) is 2.37. The van der Waals surface area contributed by atoms with Crippen molar-refractivity contribution in [1.29, 1.82) is 0 Å². The van der Waals surface area contributed by atoms with Gasteiger partial charge >= 0.3 is 0 Å². The van der Waals surface area contributed by atoms with Gasteiger partial charge < -0.3 is 5.11 Å². The summed E-state index contributed by atoms with van der Waals surface area (Å²) < 4.78 is 0. The molecule has 2 nitrogen and oxygen atoms in total. The molecule has 0 aliphatic heterocycles. The van der Waals surface area contributed by atoms with Gasteiger partial charge in [0, 0.05) is 24.0 Å². The van der Waals surface area contributed by atoms with E-state index in [9.17, 15) is 5.11 Å². The van der Waals surface area contributed by atoms with E-state index in [-0.39, 0.29) is 5.16 Å². The Labute approximate surface area is 135 Å². The van der Waals surface area contributed by atoms with E-state index in [0.717, 1.165) is 23.1 Å². The van der Waals surface area contributed by atoms with Crippen LogP contribution in [0, 0.1) is 6.92 Å². The lowest BCUT2D eigenvalue weighted by molar-refractivity contribution is 0.452. The van der Waals surface area contributed by atoms with Crippen LogP contribution in [0.3, 0.4) is 0 Å². The molecule has 2 unspecified atom stereocenters. The zero-order valence-electron chi connectivity index (χ0n) is 13.7. The van der Waals surface area contributed by atoms with Crippen molar-refractivity contribution >= 4 is 20.1 Å². The average Bonchev–Trinajstić information content (AvgIpc) is 2.52. The third kappa shape index (κ3) is 3.39. The van der Waals surface area contributed by atoms with Gasteiger partial charge in [0.05, 0.1) is 0 Å². The van der Waals surface area contributed by atoms with Crippen LogP contribution in [0.25, 0.3) is 0 Å². The molecule has 22 heavy (non-hydrogen) atoms. The number of para-hydroxylation sites is 1. The van der Waals surface area contributed by atoms with Crippen LogP contribution in [0.2, 0.25) is 0 Å². The second-order valence-electron chi connectivity index (χ2n) is 5.76. The van der Waals surface area contributed by atoms with E-state index in [1.807, 2.05) is 31.3 Å². The average molecular weight is 313 g/mol. The Kier molecular flexibility index (Phi) is 5.37. The fourth-order valence-electron chi connectivity index (χ4n) is 2.61. The van der Waals surface area contributed by atoms with Crippen LogP contribution in [-0.2, 0) is 5.16 Å². The first kappa shape index (κ1) is 16.7. The van der Waals surface area contributed by atoms with E-state index in [0.29, 0.717) is 14.3 Å². The number of aromatic hydroxyl groups is 1. The Morgan fingerprint density at radius 2 is 1.91 bits per heavy atom. The molecule has 1 N–H and O–H groups in total. The van der Waals surface area contributed by atoms with Crippen molar-refractivity contribution in [1.82, 2.24) is 0 Å². The SMILES string of the molecule is CCC(C)(Pc1ccccc1/C=N/C)c1cccc(C)c1O. The van der Waals surface area contributed by atoms with Crippen molar-refractivity contribution in [2.24, 2.45) is 4.99 Å². The summed E-state index contributed by atoms with van der Waals surface area (Å²) in [5, 5.41) is 11.7. The number of hydrogen-bond donors (Lipinski definition) is 1. The summed E-state index contributed by atoms with van der Waals surface area (Å²) in [5.74, 6) is 0.431. The number of aliphatic imine (C=N–C) groups is 1. The van der Waals surface area contributed by atoms with Gasteiger partial charge in [0.1, 0.15) is 5.75 Å². The van der Waals surface area contributed by atoms with E-state index in [1.54, 1.807) is 7.05 Å². The molecule has 3 heteroatoms. The fraction of sp³-hybridized carbons (Fsp3) is 0.316. The predicted octanol–water partition coefficient (Wildman–Crippen LogP) is 4.38. The third-order valence-corrected chi connectivity index (χ3v) is 6.08. The lowest BCUT2D eigenvalue weighted by atomic mass is 9.94. The van der Waals surface area contributed by atoms with Gasteiger partial charge in [-0.15, -0.1) is 0 Å². The van der Waals surface area contributed by atoms with Gasteiger partial charge in [0.2, 0.25) is 0 Å². The molecule has 2 atom stereocenters. The minimum atomic E-state index is -0.0756. The topological polar surface area (TPSA) is 32.6 Å². The molecule has 0 aliphatic rings. The highest BCUT2D eigenvalue weighted by Crippen LogP contribution is 2.47. The molecule has 0 aliphatic carbocycles. The quantitative estimate of drug-likeness (QED) is 0.645. The molecule has 0 amide bonds. The maximum atomic E-state index is 10.5. The minimum Gasteiger partial charge on any atom is -0.507 e. The van der Waals surface area contributed by atoms with Crippen molar-refractivity contribution < 1.29 is 5.11 Å². The van der Waals surface area contributed by atoms with Crippen LogP contribution in [0.4, 0.5) is 0 Å². The first-order valence-corrected chi connectivity index (χ1v) is 8.60. The largest absolute Gasteiger partial charge is 0.507 e. The zero-order valence-corrected chi connectivity index (χ0v) is 14.7. The van der Waals surface area contributed by atoms with Gasteiger partial charge in [-0.3, -0.25) is 4.99 Å². The summed E-state index contributed by atoms with van der Waals surface area (Å²) in [6, 6.07) is 14.4. The molecule has 0 radical (unpaired) electrons. The van der Waals surface area contributed by atoms with Crippen LogP contribution in [-0.4, -0.2) is 18.4 Å². The molecule has 116 valence electrons. The molecule has 0 aromatic heterocycles. The molecular formula is C19H24NOP. The van der Waals surface area contributed by atoms with Gasteiger partial charge in [0.15, 0.2) is 0 Å². The Bertz CT molecular complexity index is 681.